The Morgan fingerprint density at radius 1 is 0.495 bits per heavy atom. The lowest BCUT2D eigenvalue weighted by Gasteiger charge is -2.13. The maximum atomic E-state index is 13.1. The molecule has 93 heavy (non-hydrogen) atoms. The molecule has 0 unspecified atom stereocenters. The summed E-state index contributed by atoms with van der Waals surface area (Å²) in [6.45, 7) is -0.180. The quantitative estimate of drug-likeness (QED) is 0.0127. The van der Waals surface area contributed by atoms with Crippen LogP contribution < -0.4 is 10.5 Å². The second kappa shape index (κ2) is 27.1. The molecule has 0 bridgehead atoms. The van der Waals surface area contributed by atoms with Gasteiger partial charge in [0.15, 0.2) is 11.5 Å². The van der Waals surface area contributed by atoms with Crippen LogP contribution in [0.5, 0.6) is 23.3 Å². The Labute approximate surface area is 518 Å². The summed E-state index contributed by atoms with van der Waals surface area (Å²) >= 11 is 0. The number of nitrogens with zero attached hydrogens (tertiary/aromatic N) is 11. The molecular weight excluding hydrogens is 1430 g/mol. The van der Waals surface area contributed by atoms with Crippen molar-refractivity contribution >= 4 is 167 Å². The molecule has 11 N–H and O–H groups in total. The number of carbonyl (C=O) groups is 1. The Morgan fingerprint density at radius 3 is 1.54 bits per heavy atom. The number of benzene rings is 7. The highest BCUT2D eigenvalue weighted by molar-refractivity contribution is 7.87. The van der Waals surface area contributed by atoms with E-state index in [9.17, 15) is 108 Å². The van der Waals surface area contributed by atoms with Gasteiger partial charge in [-0.2, -0.15) is 60.3 Å². The van der Waals surface area contributed by atoms with Crippen LogP contribution in [0.2, 0.25) is 0 Å². The third-order valence-electron chi connectivity index (χ3n) is 11.3. The first-order valence-electron chi connectivity index (χ1n) is 22.8. The molecule has 1 aromatic heterocycles. The molecule has 0 aliphatic carbocycles. The summed E-state index contributed by atoms with van der Waals surface area (Å²) < 4.78 is 265. The number of rotatable bonds is 18. The van der Waals surface area contributed by atoms with Crippen LogP contribution in [0.15, 0.2) is 167 Å². The van der Waals surface area contributed by atoms with E-state index in [1.54, 1.807) is 0 Å². The minimum Gasteiger partial charge on any atom is -0.505 e. The standard InChI is InChI=1S/C42H28N12O25S6.2O3S/c43-35-29(16-31(82(67,68)69)23-8-10-26(39(57)34(23)35)46-45-25-9-4-20(54(59)60)14-32(25)83(70,71)72)49-47-27-11-7-22-24(40(27)85(76,77)78)15-33(84(73,74)75)36(38(22)56)50-44-18-1-12-30(81(64,65)66)28(13-18)48-51-37-41(79-17-55)52-53(42(37)58)19-2-5-21(6-3-19)80(61,62)63;2*1-4(2)3/h1-17,56-58H,43H2,(H,61,62,63)(H,64,65,66)(H,67,68,69)(H,70,71,72)(H,73,74,75)(H,76,77,78);;. The molecule has 0 saturated heterocycles. The number of nitrogen functional groups attached to an aromatic ring is 1. The molecule has 1 heterocycles. The van der Waals surface area contributed by atoms with Gasteiger partial charge in [-0.3, -0.25) is 42.2 Å². The summed E-state index contributed by atoms with van der Waals surface area (Å²) in [6, 6.07) is 12.1. The number of nitro benzene ring substituents is 1. The van der Waals surface area contributed by atoms with Crippen molar-refractivity contribution in [2.24, 2.45) is 40.9 Å². The van der Waals surface area contributed by atoms with E-state index in [0.29, 0.717) is 41.1 Å². The minimum absolute atomic E-state index is 0.134. The van der Waals surface area contributed by atoms with Gasteiger partial charge in [0, 0.05) is 28.3 Å². The van der Waals surface area contributed by atoms with Gasteiger partial charge in [0.2, 0.25) is 11.6 Å². The van der Waals surface area contributed by atoms with Crippen LogP contribution in [0.4, 0.5) is 56.9 Å². The number of carbonyl (C=O) groups excluding carboxylic acids is 1. The lowest BCUT2D eigenvalue weighted by Crippen LogP contribution is -2.03. The normalized spacial score (nSPS) is 12.5. The molecular formula is C42H28N12O31S8. The zero-order valence-electron chi connectivity index (χ0n) is 44.1. The van der Waals surface area contributed by atoms with E-state index in [4.69, 9.17) is 35.7 Å². The second-order valence-corrected chi connectivity index (χ2v) is 26.1. The summed E-state index contributed by atoms with van der Waals surface area (Å²) in [5.74, 6) is -4.17. The Kier molecular flexibility index (Phi) is 20.8. The van der Waals surface area contributed by atoms with E-state index >= 15 is 0 Å². The molecule has 8 aromatic rings. The van der Waals surface area contributed by atoms with E-state index in [1.807, 2.05) is 0 Å². The number of azo groups is 4. The van der Waals surface area contributed by atoms with E-state index in [-0.39, 0.29) is 12.2 Å². The number of phenolic OH excluding ortho intramolecular Hbond substituents is 2. The van der Waals surface area contributed by atoms with Crippen LogP contribution in [0.25, 0.3) is 27.2 Å². The Bertz CT molecular complexity index is 5560. The number of anilines is 1. The third-order valence-corrected chi connectivity index (χ3v) is 16.6. The van der Waals surface area contributed by atoms with Crippen LogP contribution in [0, 0.1) is 10.1 Å². The van der Waals surface area contributed by atoms with Crippen LogP contribution in [-0.4, -0.2) is 140 Å². The van der Waals surface area contributed by atoms with Gasteiger partial charge in [0.1, 0.15) is 58.6 Å². The Balaban J connectivity index is 0.00000162. The maximum absolute atomic E-state index is 13.1. The molecule has 0 aliphatic rings. The van der Waals surface area contributed by atoms with Crippen LogP contribution in [0.3, 0.4) is 0 Å². The van der Waals surface area contributed by atoms with Crippen molar-refractivity contribution in [1.29, 1.82) is 0 Å². The van der Waals surface area contributed by atoms with Gasteiger partial charge in [0.05, 0.1) is 32.3 Å². The first kappa shape index (κ1) is 71.5. The van der Waals surface area contributed by atoms with E-state index in [1.165, 1.54) is 0 Å². The smallest absolute Gasteiger partial charge is 0.425 e. The summed E-state index contributed by atoms with van der Waals surface area (Å²) in [6.07, 6.45) is 0. The molecule has 0 aliphatic heterocycles. The van der Waals surface area contributed by atoms with Gasteiger partial charge in [-0.05, 0) is 78.9 Å². The fraction of sp³-hybridized carbons (Fsp3) is 0. The molecule has 0 saturated carbocycles. The summed E-state index contributed by atoms with van der Waals surface area (Å²) in [5.41, 5.74) is -1.93. The number of phenols is 2. The van der Waals surface area contributed by atoms with Crippen molar-refractivity contribution in [2.45, 2.75) is 29.4 Å². The lowest BCUT2D eigenvalue weighted by molar-refractivity contribution is -0.385. The molecule has 0 spiro atoms. The van der Waals surface area contributed by atoms with Gasteiger partial charge in [-0.1, -0.05) is 6.07 Å². The van der Waals surface area contributed by atoms with Crippen LogP contribution in [-0.2, 0) is 86.7 Å². The van der Waals surface area contributed by atoms with Crippen LogP contribution >= 0.6 is 0 Å². The lowest BCUT2D eigenvalue weighted by atomic mass is 10.1. The number of hydrogen-bond acceptors (Lipinski definition) is 35. The number of hydrogen-bond donors (Lipinski definition) is 10. The Hall–Kier alpha value is -10.6. The predicted molar refractivity (Wildman–Crippen MR) is 302 cm³/mol. The highest BCUT2D eigenvalue weighted by Gasteiger charge is 2.30. The molecule has 7 aromatic carbocycles. The zero-order valence-corrected chi connectivity index (χ0v) is 50.6. The van der Waals surface area contributed by atoms with Gasteiger partial charge < -0.3 is 25.8 Å². The predicted octanol–water partition coefficient (Wildman–Crippen LogP) is 5.45. The fourth-order valence-electron chi connectivity index (χ4n) is 7.60. The Morgan fingerprint density at radius 2 is 1.00 bits per heavy atom. The summed E-state index contributed by atoms with van der Waals surface area (Å²) in [7, 11) is -38.0. The van der Waals surface area contributed by atoms with Crippen molar-refractivity contribution in [1.82, 2.24) is 9.78 Å². The van der Waals surface area contributed by atoms with Crippen molar-refractivity contribution in [3.8, 4) is 28.9 Å². The largest absolute Gasteiger partial charge is 0.505 e. The summed E-state index contributed by atoms with van der Waals surface area (Å²) in [4.78, 5) is 14.9. The molecule has 0 fully saturated rings. The topological polar surface area (TPSA) is 701 Å². The molecule has 8 rings (SSSR count). The molecule has 0 amide bonds. The molecule has 0 radical (unpaired) electrons. The molecule has 43 nitrogen and oxygen atoms in total. The van der Waals surface area contributed by atoms with Crippen molar-refractivity contribution in [2.75, 3.05) is 5.73 Å². The van der Waals surface area contributed by atoms with Crippen molar-refractivity contribution in [3.05, 3.63) is 107 Å². The first-order valence-corrected chi connectivity index (χ1v) is 33.4. The number of nitro groups is 1. The SMILES string of the molecule is Nc1c(N=Nc2ccc3c(O)c(N=Nc4ccc(S(=O)(=O)O)c(N=Nc5c(OC=O)nn(-c6ccc(S(=O)(=O)O)cc6)c5O)c4)c(S(=O)(=O)O)cc3c2S(=O)(=O)O)cc(S(=O)(=O)O)c2ccc(N=Nc3ccc([N+](=O)[O-])cc3S(=O)(=O)O)c(O)c12.O=S(=O)=O.O=S(=O)=O. The van der Waals surface area contributed by atoms with E-state index < -0.39 is 218 Å². The van der Waals surface area contributed by atoms with E-state index in [2.05, 4.69) is 46.0 Å². The van der Waals surface area contributed by atoms with Crippen LogP contribution in [0.1, 0.15) is 0 Å². The molecule has 490 valence electrons. The van der Waals surface area contributed by atoms with Crippen molar-refractivity contribution in [3.63, 3.8) is 0 Å². The van der Waals surface area contributed by atoms with Gasteiger partial charge in [-0.25, -0.2) is 0 Å². The average Bonchev–Trinajstić information content (AvgIpc) is 1.36. The number of non-ortho nitro benzene ring substituents is 1. The first-order chi connectivity index (χ1) is 42.9. The fourth-order valence-corrected chi connectivity index (χ4v) is 11.5. The second-order valence-electron chi connectivity index (χ2n) is 17.0. The number of aromatic nitrogens is 2. The molecule has 51 heteroatoms. The molecule has 0 atom stereocenters. The van der Waals surface area contributed by atoms with Gasteiger partial charge in [-0.15, -0.1) is 66.2 Å². The third kappa shape index (κ3) is 16.9. The highest BCUT2D eigenvalue weighted by atomic mass is 32.2. The maximum Gasteiger partial charge on any atom is 0.425 e. The minimum atomic E-state index is -5.70. The van der Waals surface area contributed by atoms with Gasteiger partial charge in [0.25, 0.3) is 78.7 Å². The van der Waals surface area contributed by atoms with E-state index in [0.717, 1.165) is 60.7 Å². The monoisotopic (exact) mass is 1450 g/mol. The van der Waals surface area contributed by atoms with Gasteiger partial charge >= 0.3 is 21.2 Å². The number of fused-ring (bicyclic) bond motifs is 2. The summed E-state index contributed by atoms with van der Waals surface area (Å²) in [5, 5.41) is 75.2. The number of aromatic hydroxyl groups is 3. The van der Waals surface area contributed by atoms with Crippen molar-refractivity contribution < 1.29 is 133 Å². The average molecular weight is 1450 g/mol. The zero-order chi connectivity index (χ0) is 69.8. The highest BCUT2D eigenvalue weighted by Crippen LogP contribution is 2.49. The number of ether oxygens (including phenoxy) is 1. The number of nitrogens with two attached hydrogens (primary N) is 1.